The largest absolute Gasteiger partial charge is 0.309 e. The van der Waals surface area contributed by atoms with E-state index in [0.29, 0.717) is 0 Å². The van der Waals surface area contributed by atoms with Crippen molar-refractivity contribution in [3.05, 3.63) is 114 Å². The van der Waals surface area contributed by atoms with E-state index in [2.05, 4.69) is 112 Å². The lowest BCUT2D eigenvalue weighted by molar-refractivity contribution is 1.27. The first-order valence-electron chi connectivity index (χ1n) is 8.58. The number of hydrogen-bond acceptors (Lipinski definition) is 1. The Bertz CT molecular complexity index is 943. The maximum absolute atomic E-state index is 3.80. The second-order valence-corrected chi connectivity index (χ2v) is 6.89. The standard InChI is InChI=1S/C24H18BrN/c25-23-18-20(19-10-4-1-5-11-19)16-17-24(23)26(21-12-6-2-7-13-21)22-14-8-3-9-15-22/h1-18H. The summed E-state index contributed by atoms with van der Waals surface area (Å²) < 4.78 is 1.06. The molecule has 0 radical (unpaired) electrons. The molecule has 1 nitrogen and oxygen atoms in total. The predicted molar refractivity (Wildman–Crippen MR) is 114 cm³/mol. The first-order valence-corrected chi connectivity index (χ1v) is 9.37. The molecule has 0 saturated heterocycles. The summed E-state index contributed by atoms with van der Waals surface area (Å²) >= 11 is 3.80. The minimum Gasteiger partial charge on any atom is -0.309 e. The molecule has 0 saturated carbocycles. The number of para-hydroxylation sites is 2. The van der Waals surface area contributed by atoms with Crippen LogP contribution in [0.5, 0.6) is 0 Å². The molecule has 0 aliphatic heterocycles. The lowest BCUT2D eigenvalue weighted by atomic mass is 10.0. The molecule has 4 rings (SSSR count). The Morgan fingerprint density at radius 2 is 1.00 bits per heavy atom. The molecule has 0 amide bonds. The summed E-state index contributed by atoms with van der Waals surface area (Å²) in [5, 5.41) is 0. The van der Waals surface area contributed by atoms with E-state index >= 15 is 0 Å². The van der Waals surface area contributed by atoms with Gasteiger partial charge in [-0.25, -0.2) is 0 Å². The topological polar surface area (TPSA) is 3.24 Å². The van der Waals surface area contributed by atoms with Gasteiger partial charge in [0.2, 0.25) is 0 Å². The van der Waals surface area contributed by atoms with Gasteiger partial charge in [-0.2, -0.15) is 0 Å². The quantitative estimate of drug-likeness (QED) is 0.341. The van der Waals surface area contributed by atoms with Gasteiger partial charge in [0.05, 0.1) is 5.69 Å². The van der Waals surface area contributed by atoms with Crippen LogP contribution in [0.1, 0.15) is 0 Å². The van der Waals surface area contributed by atoms with Crippen molar-refractivity contribution in [1.82, 2.24) is 0 Å². The second-order valence-electron chi connectivity index (χ2n) is 6.04. The second kappa shape index (κ2) is 7.59. The van der Waals surface area contributed by atoms with Gasteiger partial charge in [-0.3, -0.25) is 0 Å². The lowest BCUT2D eigenvalue weighted by Crippen LogP contribution is -2.10. The van der Waals surface area contributed by atoms with Gasteiger partial charge >= 0.3 is 0 Å². The van der Waals surface area contributed by atoms with Gasteiger partial charge in [0, 0.05) is 15.8 Å². The van der Waals surface area contributed by atoms with E-state index in [1.54, 1.807) is 0 Å². The summed E-state index contributed by atoms with van der Waals surface area (Å²) in [6, 6.07) is 37.8. The molecule has 0 N–H and O–H groups in total. The van der Waals surface area contributed by atoms with Crippen molar-refractivity contribution in [3.8, 4) is 11.1 Å². The summed E-state index contributed by atoms with van der Waals surface area (Å²) in [4.78, 5) is 2.26. The summed E-state index contributed by atoms with van der Waals surface area (Å²) in [7, 11) is 0. The zero-order chi connectivity index (χ0) is 17.8. The normalized spacial score (nSPS) is 10.5. The van der Waals surface area contributed by atoms with Crippen molar-refractivity contribution < 1.29 is 0 Å². The fourth-order valence-corrected chi connectivity index (χ4v) is 3.64. The molecule has 0 unspecified atom stereocenters. The first-order chi connectivity index (χ1) is 12.8. The Morgan fingerprint density at radius 3 is 1.50 bits per heavy atom. The number of hydrogen-bond donors (Lipinski definition) is 0. The van der Waals surface area contributed by atoms with E-state index in [1.165, 1.54) is 11.1 Å². The SMILES string of the molecule is Brc1cc(-c2ccccc2)ccc1N(c1ccccc1)c1ccccc1. The third kappa shape index (κ3) is 3.42. The predicted octanol–water partition coefficient (Wildman–Crippen LogP) is 7.59. The Morgan fingerprint density at radius 1 is 0.500 bits per heavy atom. The van der Waals surface area contributed by atoms with Gasteiger partial charge in [-0.1, -0.05) is 72.8 Å². The molecular weight excluding hydrogens is 382 g/mol. The van der Waals surface area contributed by atoms with Crippen LogP contribution in [0.2, 0.25) is 0 Å². The molecule has 126 valence electrons. The highest BCUT2D eigenvalue weighted by Crippen LogP contribution is 2.40. The Labute approximate surface area is 162 Å². The maximum atomic E-state index is 3.80. The van der Waals surface area contributed by atoms with Crippen LogP contribution in [-0.2, 0) is 0 Å². The van der Waals surface area contributed by atoms with Crippen molar-refractivity contribution in [2.75, 3.05) is 4.90 Å². The Kier molecular flexibility index (Phi) is 4.85. The fourth-order valence-electron chi connectivity index (χ4n) is 3.08. The van der Waals surface area contributed by atoms with Crippen molar-refractivity contribution in [1.29, 1.82) is 0 Å². The third-order valence-corrected chi connectivity index (χ3v) is 4.96. The molecule has 0 aliphatic rings. The Balaban J connectivity index is 1.82. The minimum absolute atomic E-state index is 1.06. The van der Waals surface area contributed by atoms with E-state index in [9.17, 15) is 0 Å². The van der Waals surface area contributed by atoms with E-state index in [4.69, 9.17) is 0 Å². The van der Waals surface area contributed by atoms with Gasteiger partial charge in [-0.15, -0.1) is 0 Å². The highest BCUT2D eigenvalue weighted by Gasteiger charge is 2.15. The van der Waals surface area contributed by atoms with Crippen molar-refractivity contribution in [2.45, 2.75) is 0 Å². The van der Waals surface area contributed by atoms with Crippen LogP contribution in [-0.4, -0.2) is 0 Å². The van der Waals surface area contributed by atoms with Gasteiger partial charge < -0.3 is 4.90 Å². The zero-order valence-electron chi connectivity index (χ0n) is 14.2. The van der Waals surface area contributed by atoms with Crippen LogP contribution in [0.3, 0.4) is 0 Å². The molecular formula is C24H18BrN. The van der Waals surface area contributed by atoms with Crippen LogP contribution >= 0.6 is 15.9 Å². The van der Waals surface area contributed by atoms with Crippen LogP contribution in [0.25, 0.3) is 11.1 Å². The summed E-state index contributed by atoms with van der Waals surface area (Å²) in [6.07, 6.45) is 0. The number of benzene rings is 4. The fraction of sp³-hybridized carbons (Fsp3) is 0. The molecule has 0 bridgehead atoms. The molecule has 0 heterocycles. The molecule has 0 spiro atoms. The van der Waals surface area contributed by atoms with Crippen molar-refractivity contribution in [3.63, 3.8) is 0 Å². The number of rotatable bonds is 4. The summed E-state index contributed by atoms with van der Waals surface area (Å²) in [6.45, 7) is 0. The summed E-state index contributed by atoms with van der Waals surface area (Å²) in [5.74, 6) is 0. The number of halogens is 1. The van der Waals surface area contributed by atoms with E-state index < -0.39 is 0 Å². The van der Waals surface area contributed by atoms with Crippen LogP contribution in [0.15, 0.2) is 114 Å². The molecule has 0 fully saturated rings. The van der Waals surface area contributed by atoms with Gasteiger partial charge in [0.1, 0.15) is 0 Å². The van der Waals surface area contributed by atoms with Crippen LogP contribution in [0.4, 0.5) is 17.1 Å². The summed E-state index contributed by atoms with van der Waals surface area (Å²) in [5.41, 5.74) is 5.79. The molecule has 4 aromatic rings. The average molecular weight is 400 g/mol. The monoisotopic (exact) mass is 399 g/mol. The highest BCUT2D eigenvalue weighted by atomic mass is 79.9. The van der Waals surface area contributed by atoms with Crippen molar-refractivity contribution >= 4 is 33.0 Å². The molecule has 0 atom stereocenters. The highest BCUT2D eigenvalue weighted by molar-refractivity contribution is 9.10. The first kappa shape index (κ1) is 16.6. The lowest BCUT2D eigenvalue weighted by Gasteiger charge is -2.26. The van der Waals surface area contributed by atoms with E-state index in [1.807, 2.05) is 18.2 Å². The number of nitrogens with zero attached hydrogens (tertiary/aromatic N) is 1. The minimum atomic E-state index is 1.06. The molecule has 26 heavy (non-hydrogen) atoms. The van der Waals surface area contributed by atoms with E-state index in [-0.39, 0.29) is 0 Å². The molecule has 4 aromatic carbocycles. The van der Waals surface area contributed by atoms with Crippen LogP contribution < -0.4 is 4.90 Å². The van der Waals surface area contributed by atoms with E-state index in [0.717, 1.165) is 21.5 Å². The van der Waals surface area contributed by atoms with Crippen molar-refractivity contribution in [2.24, 2.45) is 0 Å². The average Bonchev–Trinajstić information content (AvgIpc) is 2.72. The van der Waals surface area contributed by atoms with Gasteiger partial charge in [0.25, 0.3) is 0 Å². The molecule has 2 heteroatoms. The molecule has 0 aliphatic carbocycles. The van der Waals surface area contributed by atoms with Gasteiger partial charge in [0.15, 0.2) is 0 Å². The maximum Gasteiger partial charge on any atom is 0.0604 e. The Hall–Kier alpha value is -2.84. The zero-order valence-corrected chi connectivity index (χ0v) is 15.8. The third-order valence-electron chi connectivity index (χ3n) is 4.32. The van der Waals surface area contributed by atoms with Gasteiger partial charge in [-0.05, 0) is 63.5 Å². The number of anilines is 3. The smallest absolute Gasteiger partial charge is 0.0604 e. The molecule has 0 aromatic heterocycles. The van der Waals surface area contributed by atoms with Crippen LogP contribution in [0, 0.1) is 0 Å².